The second-order valence-corrected chi connectivity index (χ2v) is 5.68. The van der Waals surface area contributed by atoms with Crippen molar-refractivity contribution >= 4 is 11.6 Å². The van der Waals surface area contributed by atoms with Crippen LogP contribution in [0.25, 0.3) is 5.69 Å². The van der Waals surface area contributed by atoms with Gasteiger partial charge in [-0.3, -0.25) is 0 Å². The van der Waals surface area contributed by atoms with Gasteiger partial charge in [0.1, 0.15) is 18.1 Å². The van der Waals surface area contributed by atoms with Gasteiger partial charge in [-0.1, -0.05) is 17.7 Å². The normalized spacial score (nSPS) is 10.8. The molecule has 1 aromatic heterocycles. The topological polar surface area (TPSA) is 82.2 Å². The smallest absolute Gasteiger partial charge is 0.368 e. The van der Waals surface area contributed by atoms with E-state index in [9.17, 15) is 9.90 Å². The van der Waals surface area contributed by atoms with Crippen molar-refractivity contribution in [3.63, 3.8) is 0 Å². The van der Waals surface area contributed by atoms with Gasteiger partial charge in [-0.05, 0) is 53.2 Å². The van der Waals surface area contributed by atoms with Gasteiger partial charge in [-0.25, -0.2) is 4.79 Å². The predicted octanol–water partition coefficient (Wildman–Crippen LogP) is 2.21. The molecule has 124 valence electrons. The molecule has 0 unspecified atom stereocenters. The van der Waals surface area contributed by atoms with Crippen LogP contribution in [0, 0.1) is 6.92 Å². The van der Waals surface area contributed by atoms with Crippen LogP contribution in [0.15, 0.2) is 41.2 Å². The molecule has 1 heterocycles. The highest BCUT2D eigenvalue weighted by molar-refractivity contribution is 6.31. The third-order valence-electron chi connectivity index (χ3n) is 3.57. The second kappa shape index (κ2) is 6.37. The monoisotopic (exact) mass is 346 g/mol. The molecule has 0 fully saturated rings. The van der Waals surface area contributed by atoms with Crippen LogP contribution in [0.4, 0.5) is 0 Å². The number of aromatic hydroxyl groups is 1. The highest BCUT2D eigenvalue weighted by Crippen LogP contribution is 2.27. The third-order valence-corrected chi connectivity index (χ3v) is 3.93. The van der Waals surface area contributed by atoms with Crippen molar-refractivity contribution in [1.29, 1.82) is 0 Å². The minimum atomic E-state index is -0.376. The lowest BCUT2D eigenvalue weighted by Gasteiger charge is -2.13. The highest BCUT2D eigenvalue weighted by atomic mass is 35.5. The Morgan fingerprint density at radius 1 is 1.25 bits per heavy atom. The summed E-state index contributed by atoms with van der Waals surface area (Å²) in [5, 5.41) is 17.5. The van der Waals surface area contributed by atoms with E-state index in [1.54, 1.807) is 36.4 Å². The van der Waals surface area contributed by atoms with Crippen LogP contribution in [0.1, 0.15) is 11.1 Å². The van der Waals surface area contributed by atoms with Crippen LogP contribution < -0.4 is 10.4 Å². The van der Waals surface area contributed by atoms with Crippen molar-refractivity contribution in [2.75, 3.05) is 0 Å². The van der Waals surface area contributed by atoms with Crippen LogP contribution in [-0.4, -0.2) is 24.9 Å². The number of tetrazole rings is 1. The molecule has 2 aromatic carbocycles. The van der Waals surface area contributed by atoms with Crippen molar-refractivity contribution in [2.45, 2.75) is 13.5 Å². The molecule has 24 heavy (non-hydrogen) atoms. The Kier molecular flexibility index (Phi) is 4.26. The number of ether oxygens (including phenoxy) is 1. The Bertz CT molecular complexity index is 949. The highest BCUT2D eigenvalue weighted by Gasteiger charge is 2.14. The number of hydrogen-bond donors (Lipinski definition) is 1. The lowest BCUT2D eigenvalue weighted by atomic mass is 10.2. The molecule has 0 radical (unpaired) electrons. The van der Waals surface area contributed by atoms with E-state index in [0.717, 1.165) is 10.2 Å². The summed E-state index contributed by atoms with van der Waals surface area (Å²) in [6, 6.07) is 10.0. The number of aromatic nitrogens is 4. The van der Waals surface area contributed by atoms with Crippen molar-refractivity contribution in [2.24, 2.45) is 7.05 Å². The Hall–Kier alpha value is -2.80. The van der Waals surface area contributed by atoms with Gasteiger partial charge in [0, 0.05) is 17.6 Å². The Morgan fingerprint density at radius 2 is 2.04 bits per heavy atom. The average molecular weight is 347 g/mol. The van der Waals surface area contributed by atoms with E-state index in [4.69, 9.17) is 16.3 Å². The third kappa shape index (κ3) is 2.98. The fourth-order valence-corrected chi connectivity index (χ4v) is 2.52. The maximum absolute atomic E-state index is 12.1. The van der Waals surface area contributed by atoms with Crippen LogP contribution in [-0.2, 0) is 13.7 Å². The van der Waals surface area contributed by atoms with Gasteiger partial charge in [0.15, 0.2) is 0 Å². The molecule has 0 aliphatic heterocycles. The number of nitrogens with zero attached hydrogens (tertiary/aromatic N) is 4. The number of phenols is 1. The van der Waals surface area contributed by atoms with E-state index in [1.807, 2.05) is 6.92 Å². The van der Waals surface area contributed by atoms with Gasteiger partial charge in [0.05, 0.1) is 5.69 Å². The zero-order valence-corrected chi connectivity index (χ0v) is 13.9. The number of rotatable bonds is 4. The van der Waals surface area contributed by atoms with Crippen LogP contribution in [0.2, 0.25) is 5.02 Å². The lowest BCUT2D eigenvalue weighted by molar-refractivity contribution is 0.303. The second-order valence-electron chi connectivity index (χ2n) is 5.27. The molecule has 8 heteroatoms. The van der Waals surface area contributed by atoms with Gasteiger partial charge in [0.25, 0.3) is 0 Å². The molecule has 1 N–H and O–H groups in total. The first kappa shape index (κ1) is 16.1. The van der Waals surface area contributed by atoms with E-state index < -0.39 is 0 Å². The molecule has 7 nitrogen and oxygen atoms in total. The summed E-state index contributed by atoms with van der Waals surface area (Å²) in [6.07, 6.45) is 0. The summed E-state index contributed by atoms with van der Waals surface area (Å²) in [5.41, 5.74) is 1.55. The van der Waals surface area contributed by atoms with Gasteiger partial charge < -0.3 is 9.84 Å². The Labute approximate surface area is 142 Å². The van der Waals surface area contributed by atoms with Gasteiger partial charge in [-0.15, -0.1) is 0 Å². The largest absolute Gasteiger partial charge is 0.508 e. The van der Waals surface area contributed by atoms with Crippen LogP contribution >= 0.6 is 11.6 Å². The summed E-state index contributed by atoms with van der Waals surface area (Å²) in [4.78, 5) is 12.1. The molecule has 0 aliphatic carbocycles. The number of phenolic OH excluding ortho intramolecular Hbond substituents is 1. The molecular weight excluding hydrogens is 332 g/mol. The van der Waals surface area contributed by atoms with Gasteiger partial charge in [0.2, 0.25) is 0 Å². The number of halogens is 1. The summed E-state index contributed by atoms with van der Waals surface area (Å²) in [6.45, 7) is 1.97. The molecular formula is C16H15ClN4O3. The van der Waals surface area contributed by atoms with Crippen molar-refractivity contribution in [3.8, 4) is 17.2 Å². The van der Waals surface area contributed by atoms with E-state index >= 15 is 0 Å². The van der Waals surface area contributed by atoms with E-state index in [0.29, 0.717) is 22.0 Å². The Balaban J connectivity index is 1.96. The molecule has 3 aromatic rings. The number of aryl methyl sites for hydroxylation is 2. The quantitative estimate of drug-likeness (QED) is 0.783. The first-order chi connectivity index (χ1) is 11.5. The molecule has 0 aliphatic rings. The number of hydrogen-bond acceptors (Lipinski definition) is 5. The molecule has 0 saturated heterocycles. The van der Waals surface area contributed by atoms with E-state index in [1.165, 1.54) is 11.7 Å². The minimum Gasteiger partial charge on any atom is -0.508 e. The summed E-state index contributed by atoms with van der Waals surface area (Å²) < 4.78 is 8.11. The van der Waals surface area contributed by atoms with Crippen molar-refractivity contribution < 1.29 is 9.84 Å². The van der Waals surface area contributed by atoms with Gasteiger partial charge >= 0.3 is 5.69 Å². The predicted molar refractivity (Wildman–Crippen MR) is 88.8 cm³/mol. The minimum absolute atomic E-state index is 0.142. The fraction of sp³-hybridized carbons (Fsp3) is 0.188. The lowest BCUT2D eigenvalue weighted by Crippen LogP contribution is -2.23. The molecule has 0 saturated carbocycles. The summed E-state index contributed by atoms with van der Waals surface area (Å²) in [7, 11) is 1.52. The molecule has 0 spiro atoms. The summed E-state index contributed by atoms with van der Waals surface area (Å²) >= 11 is 6.28. The zero-order chi connectivity index (χ0) is 17.3. The zero-order valence-electron chi connectivity index (χ0n) is 13.1. The molecule has 0 amide bonds. The molecule has 3 rings (SSSR count). The van der Waals surface area contributed by atoms with Crippen molar-refractivity contribution in [1.82, 2.24) is 19.8 Å². The van der Waals surface area contributed by atoms with Crippen molar-refractivity contribution in [3.05, 3.63) is 63.0 Å². The first-order valence-corrected chi connectivity index (χ1v) is 7.54. The maximum Gasteiger partial charge on any atom is 0.368 e. The van der Waals surface area contributed by atoms with Crippen LogP contribution in [0.5, 0.6) is 11.5 Å². The van der Waals surface area contributed by atoms with Crippen LogP contribution in [0.3, 0.4) is 0 Å². The van der Waals surface area contributed by atoms with E-state index in [-0.39, 0.29) is 18.0 Å². The number of benzene rings is 2. The van der Waals surface area contributed by atoms with E-state index in [2.05, 4.69) is 10.4 Å². The average Bonchev–Trinajstić information content (AvgIpc) is 2.87. The Morgan fingerprint density at radius 3 is 2.71 bits per heavy atom. The molecule has 0 bridgehead atoms. The first-order valence-electron chi connectivity index (χ1n) is 7.16. The standard InChI is InChI=1S/C16H15ClN4O3/c1-10-8-11(22)6-7-15(10)24-9-12-13(17)4-3-5-14(12)21-16(23)20(2)18-19-21/h3-8,22H,9H2,1-2H3. The fourth-order valence-electron chi connectivity index (χ4n) is 2.30. The molecule has 0 atom stereocenters. The van der Waals surface area contributed by atoms with Gasteiger partial charge in [-0.2, -0.15) is 9.36 Å². The maximum atomic E-state index is 12.1. The summed E-state index contributed by atoms with van der Waals surface area (Å²) in [5.74, 6) is 0.787. The SMILES string of the molecule is Cc1cc(O)ccc1OCc1c(Cl)cccc1-n1nnn(C)c1=O.